The van der Waals surface area contributed by atoms with E-state index in [1.807, 2.05) is 60.7 Å². The molecule has 27 heavy (non-hydrogen) atoms. The van der Waals surface area contributed by atoms with Crippen LogP contribution in [0.1, 0.15) is 11.1 Å². The average molecular weight is 381 g/mol. The highest BCUT2D eigenvalue weighted by molar-refractivity contribution is 6.31. The van der Waals surface area contributed by atoms with Gasteiger partial charge in [-0.3, -0.25) is 9.59 Å². The standard InChI is InChI=1S/C22H21ClN2O2/c1-25(15-18-8-3-5-12-20(18)23)22(27)14-24-21(26)13-17-10-6-9-16-7-2-4-11-19(16)17/h2-12H,13-15H2,1H3,(H,24,26). The third kappa shape index (κ3) is 4.86. The summed E-state index contributed by atoms with van der Waals surface area (Å²) in [5, 5.41) is 5.48. The van der Waals surface area contributed by atoms with Crippen molar-refractivity contribution in [3.05, 3.63) is 82.9 Å². The van der Waals surface area contributed by atoms with Gasteiger partial charge in [-0.1, -0.05) is 72.3 Å². The number of nitrogens with zero attached hydrogens (tertiary/aromatic N) is 1. The summed E-state index contributed by atoms with van der Waals surface area (Å²) in [5.74, 6) is -0.341. The van der Waals surface area contributed by atoms with Gasteiger partial charge < -0.3 is 10.2 Å². The lowest BCUT2D eigenvalue weighted by molar-refractivity contribution is -0.132. The number of carbonyl (C=O) groups excluding carboxylic acids is 2. The van der Waals surface area contributed by atoms with E-state index in [-0.39, 0.29) is 24.8 Å². The minimum atomic E-state index is -0.175. The van der Waals surface area contributed by atoms with E-state index in [9.17, 15) is 9.59 Å². The van der Waals surface area contributed by atoms with Crippen molar-refractivity contribution in [3.8, 4) is 0 Å². The summed E-state index contributed by atoms with van der Waals surface area (Å²) in [7, 11) is 1.70. The second-order valence-electron chi connectivity index (χ2n) is 6.43. The molecule has 5 heteroatoms. The first-order valence-corrected chi connectivity index (χ1v) is 9.13. The van der Waals surface area contributed by atoms with Crippen molar-refractivity contribution in [2.24, 2.45) is 0 Å². The molecule has 0 fully saturated rings. The van der Waals surface area contributed by atoms with Crippen LogP contribution in [-0.4, -0.2) is 30.3 Å². The van der Waals surface area contributed by atoms with Crippen molar-refractivity contribution in [2.75, 3.05) is 13.6 Å². The molecule has 0 aliphatic carbocycles. The summed E-state index contributed by atoms with van der Waals surface area (Å²) in [4.78, 5) is 26.1. The lowest BCUT2D eigenvalue weighted by Crippen LogP contribution is -2.38. The van der Waals surface area contributed by atoms with Crippen molar-refractivity contribution >= 4 is 34.2 Å². The molecule has 0 heterocycles. The van der Waals surface area contributed by atoms with E-state index in [1.165, 1.54) is 0 Å². The number of likely N-dealkylation sites (N-methyl/N-ethyl adjacent to an activating group) is 1. The first-order chi connectivity index (χ1) is 13.0. The van der Waals surface area contributed by atoms with E-state index < -0.39 is 0 Å². The van der Waals surface area contributed by atoms with Crippen LogP contribution in [-0.2, 0) is 22.6 Å². The summed E-state index contributed by atoms with van der Waals surface area (Å²) >= 11 is 6.13. The summed E-state index contributed by atoms with van der Waals surface area (Å²) < 4.78 is 0. The summed E-state index contributed by atoms with van der Waals surface area (Å²) in [6, 6.07) is 21.2. The van der Waals surface area contributed by atoms with Gasteiger partial charge in [0.05, 0.1) is 13.0 Å². The monoisotopic (exact) mass is 380 g/mol. The van der Waals surface area contributed by atoms with Crippen molar-refractivity contribution in [3.63, 3.8) is 0 Å². The highest BCUT2D eigenvalue weighted by Gasteiger charge is 2.13. The average Bonchev–Trinajstić information content (AvgIpc) is 2.68. The molecule has 0 atom stereocenters. The molecule has 0 aliphatic rings. The molecule has 0 saturated carbocycles. The molecule has 0 saturated heterocycles. The van der Waals surface area contributed by atoms with Gasteiger partial charge in [-0.2, -0.15) is 0 Å². The molecule has 2 amide bonds. The Hall–Kier alpha value is -2.85. The Labute approximate surface area is 163 Å². The molecule has 0 unspecified atom stereocenters. The zero-order chi connectivity index (χ0) is 19.2. The van der Waals surface area contributed by atoms with Crippen LogP contribution in [0.15, 0.2) is 66.7 Å². The van der Waals surface area contributed by atoms with E-state index in [1.54, 1.807) is 18.0 Å². The molecule has 3 rings (SSSR count). The van der Waals surface area contributed by atoms with E-state index in [0.717, 1.165) is 21.9 Å². The maximum absolute atomic E-state index is 12.3. The Kier molecular flexibility index (Phi) is 6.09. The van der Waals surface area contributed by atoms with Gasteiger partial charge in [0.25, 0.3) is 0 Å². The van der Waals surface area contributed by atoms with Crippen molar-refractivity contribution in [1.82, 2.24) is 10.2 Å². The Bertz CT molecular complexity index is 966. The lowest BCUT2D eigenvalue weighted by Gasteiger charge is -2.18. The third-order valence-corrected chi connectivity index (χ3v) is 4.83. The molecule has 0 bridgehead atoms. The van der Waals surface area contributed by atoms with E-state index in [0.29, 0.717) is 11.6 Å². The van der Waals surface area contributed by atoms with Crippen LogP contribution in [0.4, 0.5) is 0 Å². The smallest absolute Gasteiger partial charge is 0.242 e. The first kappa shape index (κ1) is 18.9. The van der Waals surface area contributed by atoms with Crippen LogP contribution >= 0.6 is 11.6 Å². The molecule has 4 nitrogen and oxygen atoms in total. The summed E-state index contributed by atoms with van der Waals surface area (Å²) in [6.07, 6.45) is 0.239. The quantitative estimate of drug-likeness (QED) is 0.707. The SMILES string of the molecule is CN(Cc1ccccc1Cl)C(=O)CNC(=O)Cc1cccc2ccccc12. The number of nitrogens with one attached hydrogen (secondary N) is 1. The van der Waals surface area contributed by atoms with Gasteiger partial charge in [-0.25, -0.2) is 0 Å². The molecule has 3 aromatic rings. The van der Waals surface area contributed by atoms with Crippen molar-refractivity contribution in [2.45, 2.75) is 13.0 Å². The summed E-state index contributed by atoms with van der Waals surface area (Å²) in [6.45, 7) is 0.363. The van der Waals surface area contributed by atoms with Gasteiger partial charge in [0.15, 0.2) is 0 Å². The topological polar surface area (TPSA) is 49.4 Å². The third-order valence-electron chi connectivity index (χ3n) is 4.46. The number of benzene rings is 3. The van der Waals surface area contributed by atoms with Gasteiger partial charge in [-0.05, 0) is 28.0 Å². The van der Waals surface area contributed by atoms with Gasteiger partial charge >= 0.3 is 0 Å². The normalized spacial score (nSPS) is 10.6. The largest absolute Gasteiger partial charge is 0.347 e. The molecule has 1 N–H and O–H groups in total. The number of rotatable bonds is 6. The molecule has 0 radical (unpaired) electrons. The van der Waals surface area contributed by atoms with Crippen LogP contribution in [0, 0.1) is 0 Å². The number of amides is 2. The van der Waals surface area contributed by atoms with E-state index in [2.05, 4.69) is 5.32 Å². The van der Waals surface area contributed by atoms with Crippen molar-refractivity contribution < 1.29 is 9.59 Å². The Morgan fingerprint density at radius 3 is 2.41 bits per heavy atom. The zero-order valence-corrected chi connectivity index (χ0v) is 15.9. The van der Waals surface area contributed by atoms with Gasteiger partial charge in [-0.15, -0.1) is 0 Å². The maximum atomic E-state index is 12.3. The van der Waals surface area contributed by atoms with Gasteiger partial charge in [0, 0.05) is 18.6 Å². The number of halogens is 1. The number of carbonyl (C=O) groups is 2. The summed E-state index contributed by atoms with van der Waals surface area (Å²) in [5.41, 5.74) is 1.82. The maximum Gasteiger partial charge on any atom is 0.242 e. The van der Waals surface area contributed by atoms with Crippen LogP contribution in [0.2, 0.25) is 5.02 Å². The van der Waals surface area contributed by atoms with E-state index >= 15 is 0 Å². The van der Waals surface area contributed by atoms with Crippen LogP contribution in [0.3, 0.4) is 0 Å². The molecular weight excluding hydrogens is 360 g/mol. The van der Waals surface area contributed by atoms with Gasteiger partial charge in [0.1, 0.15) is 0 Å². The predicted octanol–water partition coefficient (Wildman–Crippen LogP) is 3.81. The molecular formula is C22H21ClN2O2. The van der Waals surface area contributed by atoms with E-state index in [4.69, 9.17) is 11.6 Å². The minimum Gasteiger partial charge on any atom is -0.347 e. The zero-order valence-electron chi connectivity index (χ0n) is 15.1. The molecule has 0 spiro atoms. The Morgan fingerprint density at radius 2 is 1.59 bits per heavy atom. The fourth-order valence-electron chi connectivity index (χ4n) is 2.96. The van der Waals surface area contributed by atoms with Crippen molar-refractivity contribution in [1.29, 1.82) is 0 Å². The Balaban J connectivity index is 1.55. The van der Waals surface area contributed by atoms with Crippen LogP contribution in [0.25, 0.3) is 10.8 Å². The second-order valence-corrected chi connectivity index (χ2v) is 6.84. The number of hydrogen-bond acceptors (Lipinski definition) is 2. The van der Waals surface area contributed by atoms with Gasteiger partial charge in [0.2, 0.25) is 11.8 Å². The molecule has 0 aromatic heterocycles. The minimum absolute atomic E-state index is 0.0372. The number of hydrogen-bond donors (Lipinski definition) is 1. The fourth-order valence-corrected chi connectivity index (χ4v) is 3.16. The van der Waals surface area contributed by atoms with Crippen LogP contribution < -0.4 is 5.32 Å². The second kappa shape index (κ2) is 8.69. The lowest BCUT2D eigenvalue weighted by atomic mass is 10.0. The van der Waals surface area contributed by atoms with Crippen LogP contribution in [0.5, 0.6) is 0 Å². The highest BCUT2D eigenvalue weighted by atomic mass is 35.5. The first-order valence-electron chi connectivity index (χ1n) is 8.75. The number of fused-ring (bicyclic) bond motifs is 1. The molecule has 0 aliphatic heterocycles. The predicted molar refractivity (Wildman–Crippen MR) is 109 cm³/mol. The molecule has 3 aromatic carbocycles. The molecule has 138 valence electrons. The Morgan fingerprint density at radius 1 is 0.926 bits per heavy atom. The highest BCUT2D eigenvalue weighted by Crippen LogP contribution is 2.19. The fraction of sp³-hybridized carbons (Fsp3) is 0.182.